The molecule has 9 heteroatoms. The SMILES string of the molecule is COc1cc(O)ccc1C1=C2C(C)=C(C#N)C(C)=[N+]2[B-](F)(F)n2c(C)c(C#N)c(C)c21. The largest absolute Gasteiger partial charge is 0.737 e. The lowest BCUT2D eigenvalue weighted by molar-refractivity contribution is -0.363. The van der Waals surface area contributed by atoms with E-state index in [2.05, 4.69) is 0 Å². The lowest BCUT2D eigenvalue weighted by Gasteiger charge is -2.34. The molecular weight excluding hydrogens is 401 g/mol. The summed E-state index contributed by atoms with van der Waals surface area (Å²) >= 11 is 0. The number of nitriles is 2. The number of ether oxygens (including phenoxy) is 1. The second kappa shape index (κ2) is 6.58. The van der Waals surface area contributed by atoms with Crippen LogP contribution < -0.4 is 4.74 Å². The third-order valence-electron chi connectivity index (χ3n) is 6.16. The molecule has 0 fully saturated rings. The Labute approximate surface area is 178 Å². The number of benzene rings is 1. The third-order valence-corrected chi connectivity index (χ3v) is 6.16. The molecule has 0 saturated heterocycles. The number of allylic oxidation sites excluding steroid dienone is 2. The van der Waals surface area contributed by atoms with Gasteiger partial charge in [-0.3, -0.25) is 0 Å². The van der Waals surface area contributed by atoms with Crippen LogP contribution >= 0.6 is 0 Å². The van der Waals surface area contributed by atoms with Crippen LogP contribution in [0.1, 0.15) is 41.9 Å². The number of phenolic OH excluding ortho intramolecular Hbond substituents is 1. The molecule has 1 aromatic carbocycles. The van der Waals surface area contributed by atoms with Crippen LogP contribution in [0.25, 0.3) is 5.57 Å². The van der Waals surface area contributed by atoms with Gasteiger partial charge in [0.1, 0.15) is 29.2 Å². The van der Waals surface area contributed by atoms with Crippen molar-refractivity contribution in [2.45, 2.75) is 27.7 Å². The average molecular weight is 420 g/mol. The molecule has 2 aliphatic heterocycles. The Morgan fingerprint density at radius 1 is 1.13 bits per heavy atom. The molecule has 0 amide bonds. The Hall–Kier alpha value is -3.85. The molecule has 0 aliphatic carbocycles. The number of rotatable bonds is 2. The number of hydrogen-bond donors (Lipinski definition) is 1. The monoisotopic (exact) mass is 420 g/mol. The minimum Gasteiger partial charge on any atom is -0.508 e. The number of aromatic hydroxyl groups is 1. The van der Waals surface area contributed by atoms with Gasteiger partial charge in [0.05, 0.1) is 18.2 Å². The summed E-state index contributed by atoms with van der Waals surface area (Å²) in [6.45, 7) is 1.92. The zero-order valence-corrected chi connectivity index (χ0v) is 17.7. The second-order valence-electron chi connectivity index (χ2n) is 7.68. The quantitative estimate of drug-likeness (QED) is 0.744. The molecule has 6 nitrogen and oxygen atoms in total. The van der Waals surface area contributed by atoms with Gasteiger partial charge in [-0.25, -0.2) is 0 Å². The zero-order valence-electron chi connectivity index (χ0n) is 17.7. The zero-order chi connectivity index (χ0) is 22.8. The Kier molecular flexibility index (Phi) is 4.34. The molecule has 156 valence electrons. The topological polar surface area (TPSA) is 85.0 Å². The van der Waals surface area contributed by atoms with Gasteiger partial charge in [-0.15, -0.1) is 0 Å². The third kappa shape index (κ3) is 2.44. The van der Waals surface area contributed by atoms with E-state index in [1.807, 2.05) is 12.1 Å². The first-order valence-corrected chi connectivity index (χ1v) is 9.62. The van der Waals surface area contributed by atoms with E-state index >= 15 is 8.63 Å². The fourth-order valence-electron chi connectivity index (χ4n) is 4.81. The minimum absolute atomic E-state index is 0.0337. The maximum atomic E-state index is 16.0. The van der Waals surface area contributed by atoms with Crippen LogP contribution in [0.15, 0.2) is 35.0 Å². The lowest BCUT2D eigenvalue weighted by atomic mass is 9.83. The summed E-state index contributed by atoms with van der Waals surface area (Å²) in [5.41, 5.74) is 2.86. The van der Waals surface area contributed by atoms with Crippen molar-refractivity contribution in [2.24, 2.45) is 0 Å². The van der Waals surface area contributed by atoms with Gasteiger partial charge < -0.3 is 27.4 Å². The number of methoxy groups -OCH3 is 1. The van der Waals surface area contributed by atoms with Crippen molar-refractivity contribution >= 4 is 18.3 Å². The van der Waals surface area contributed by atoms with Crippen LogP contribution in [0.5, 0.6) is 11.5 Å². The summed E-state index contributed by atoms with van der Waals surface area (Å²) < 4.78 is 39.3. The highest BCUT2D eigenvalue weighted by Crippen LogP contribution is 2.48. The molecule has 0 saturated carbocycles. The summed E-state index contributed by atoms with van der Waals surface area (Å²) in [5, 5.41) is 29.2. The molecule has 0 bridgehead atoms. The standard InChI is InChI=1S/C22H19BF2N4O2/c1-11-17(9-26)13(3)28-21(11)20(16-7-6-15(30)8-19(16)31-5)22-12(2)18(10-27)14(4)29(22)23(28,24)25/h6-8,30H,1-5H3. The fourth-order valence-corrected chi connectivity index (χ4v) is 4.81. The molecule has 3 heterocycles. The summed E-state index contributed by atoms with van der Waals surface area (Å²) in [4.78, 5) is 0. The van der Waals surface area contributed by atoms with E-state index < -0.39 is 6.97 Å². The fraction of sp³-hybridized carbons (Fsp3) is 0.227. The van der Waals surface area contributed by atoms with Crippen LogP contribution in [0.2, 0.25) is 0 Å². The molecule has 31 heavy (non-hydrogen) atoms. The Morgan fingerprint density at radius 2 is 1.81 bits per heavy atom. The number of hydrogen-bond acceptors (Lipinski definition) is 4. The molecule has 1 aromatic heterocycles. The minimum atomic E-state index is -4.36. The normalized spacial score (nSPS) is 16.8. The van der Waals surface area contributed by atoms with Gasteiger partial charge >= 0.3 is 6.97 Å². The number of phenols is 1. The van der Waals surface area contributed by atoms with Crippen LogP contribution in [0.4, 0.5) is 8.63 Å². The molecule has 0 atom stereocenters. The van der Waals surface area contributed by atoms with Crippen molar-refractivity contribution in [1.82, 2.24) is 4.48 Å². The summed E-state index contributed by atoms with van der Waals surface area (Å²) in [7, 11) is 1.43. The summed E-state index contributed by atoms with van der Waals surface area (Å²) in [6.07, 6.45) is 0. The lowest BCUT2D eigenvalue weighted by Crippen LogP contribution is -2.51. The smallest absolute Gasteiger partial charge is 0.508 e. The van der Waals surface area contributed by atoms with Gasteiger partial charge in [0.15, 0.2) is 11.4 Å². The number of halogens is 2. The molecule has 4 rings (SSSR count). The highest BCUT2D eigenvalue weighted by molar-refractivity contribution is 6.58. The first kappa shape index (κ1) is 20.4. The first-order valence-electron chi connectivity index (χ1n) is 9.62. The molecule has 0 radical (unpaired) electrons. The average Bonchev–Trinajstić information content (AvgIpc) is 3.13. The van der Waals surface area contributed by atoms with Crippen molar-refractivity contribution < 1.29 is 23.0 Å². The molecule has 0 unspecified atom stereocenters. The Bertz CT molecular complexity index is 1370. The maximum Gasteiger partial charge on any atom is 0.737 e. The van der Waals surface area contributed by atoms with E-state index in [0.717, 1.165) is 8.96 Å². The molecular formula is C22H19BF2N4O2. The van der Waals surface area contributed by atoms with E-state index in [4.69, 9.17) is 4.74 Å². The highest BCUT2D eigenvalue weighted by Gasteiger charge is 2.57. The van der Waals surface area contributed by atoms with E-state index in [9.17, 15) is 15.6 Å². The van der Waals surface area contributed by atoms with E-state index in [1.165, 1.54) is 33.1 Å². The first-order chi connectivity index (χ1) is 14.6. The van der Waals surface area contributed by atoms with Gasteiger partial charge in [-0.2, -0.15) is 10.5 Å². The van der Waals surface area contributed by atoms with Gasteiger partial charge in [-0.05, 0) is 38.5 Å². The van der Waals surface area contributed by atoms with Crippen molar-refractivity contribution in [2.75, 3.05) is 7.11 Å². The van der Waals surface area contributed by atoms with E-state index in [-0.39, 0.29) is 39.7 Å². The van der Waals surface area contributed by atoms with Crippen molar-refractivity contribution in [1.29, 1.82) is 10.5 Å². The van der Waals surface area contributed by atoms with E-state index in [1.54, 1.807) is 19.9 Å². The van der Waals surface area contributed by atoms with Gasteiger partial charge in [0.25, 0.3) is 0 Å². The number of aromatic nitrogens is 1. The second-order valence-corrected chi connectivity index (χ2v) is 7.68. The van der Waals surface area contributed by atoms with Crippen LogP contribution in [0.3, 0.4) is 0 Å². The van der Waals surface area contributed by atoms with Crippen LogP contribution in [0, 0.1) is 36.5 Å². The van der Waals surface area contributed by atoms with Crippen LogP contribution in [-0.4, -0.2) is 33.9 Å². The van der Waals surface area contributed by atoms with Gasteiger partial charge in [0.2, 0.25) is 0 Å². The van der Waals surface area contributed by atoms with Crippen molar-refractivity contribution in [3.63, 3.8) is 0 Å². The predicted octanol–water partition coefficient (Wildman–Crippen LogP) is 4.01. The van der Waals surface area contributed by atoms with Gasteiger partial charge in [0, 0.05) is 35.5 Å². The maximum absolute atomic E-state index is 16.0. The summed E-state index contributed by atoms with van der Waals surface area (Å²) in [6, 6.07) is 8.54. The van der Waals surface area contributed by atoms with Gasteiger partial charge in [-0.1, -0.05) is 0 Å². The molecule has 0 spiro atoms. The molecule has 2 aromatic rings. The van der Waals surface area contributed by atoms with Crippen LogP contribution in [-0.2, 0) is 0 Å². The number of nitrogens with zero attached hydrogens (tertiary/aromatic N) is 4. The van der Waals surface area contributed by atoms with Crippen molar-refractivity contribution in [3.05, 3.63) is 63.1 Å². The Morgan fingerprint density at radius 3 is 2.39 bits per heavy atom. The van der Waals surface area contributed by atoms with E-state index in [0.29, 0.717) is 28.0 Å². The molecule has 1 N–H and O–H groups in total. The van der Waals surface area contributed by atoms with Crippen molar-refractivity contribution in [3.8, 4) is 23.6 Å². The Balaban J connectivity index is 2.29. The molecule has 2 aliphatic rings. The predicted molar refractivity (Wildman–Crippen MR) is 112 cm³/mol. The summed E-state index contributed by atoms with van der Waals surface area (Å²) in [5.74, 6) is 0.257. The highest BCUT2D eigenvalue weighted by atomic mass is 19.2. The number of fused-ring (bicyclic) bond motifs is 2.